The number of rotatable bonds is 5. The number of benzene rings is 2. The summed E-state index contributed by atoms with van der Waals surface area (Å²) >= 11 is 0. The zero-order valence-electron chi connectivity index (χ0n) is 15.5. The van der Waals surface area contributed by atoms with Crippen LogP contribution in [0.2, 0.25) is 0 Å². The van der Waals surface area contributed by atoms with E-state index in [0.29, 0.717) is 12.1 Å². The summed E-state index contributed by atoms with van der Waals surface area (Å²) in [5, 5.41) is 3.01. The quantitative estimate of drug-likeness (QED) is 0.890. The fourth-order valence-electron chi connectivity index (χ4n) is 3.28. The van der Waals surface area contributed by atoms with E-state index in [1.165, 1.54) is 11.6 Å². The highest BCUT2D eigenvalue weighted by Gasteiger charge is 2.19. The summed E-state index contributed by atoms with van der Waals surface area (Å²) in [4.78, 5) is 16.6. The maximum atomic E-state index is 13.9. The lowest BCUT2D eigenvalue weighted by Gasteiger charge is -2.36. The highest BCUT2D eigenvalue weighted by molar-refractivity contribution is 5.91. The van der Waals surface area contributed by atoms with Gasteiger partial charge in [0.25, 0.3) is 0 Å². The molecule has 0 atom stereocenters. The first-order valence-corrected chi connectivity index (χ1v) is 9.12. The second-order valence-electron chi connectivity index (χ2n) is 6.83. The van der Waals surface area contributed by atoms with E-state index in [-0.39, 0.29) is 11.7 Å². The first-order valence-electron chi connectivity index (χ1n) is 9.12. The third-order valence-corrected chi connectivity index (χ3v) is 5.10. The summed E-state index contributed by atoms with van der Waals surface area (Å²) in [6, 6.07) is 12.8. The van der Waals surface area contributed by atoms with Crippen molar-refractivity contribution in [3.63, 3.8) is 0 Å². The Bertz CT molecular complexity index is 770. The molecule has 1 aliphatic rings. The van der Waals surface area contributed by atoms with Crippen LogP contribution < -0.4 is 10.2 Å². The van der Waals surface area contributed by atoms with Crippen LogP contribution in [0.3, 0.4) is 0 Å². The molecular formula is C21H26FN3O. The van der Waals surface area contributed by atoms with E-state index in [1.807, 2.05) is 44.2 Å². The largest absolute Gasteiger partial charge is 0.367 e. The number of carbonyl (C=O) groups is 1. The molecule has 0 aromatic heterocycles. The van der Waals surface area contributed by atoms with E-state index >= 15 is 0 Å². The van der Waals surface area contributed by atoms with Crippen LogP contribution in [0.1, 0.15) is 17.5 Å². The predicted octanol–water partition coefficient (Wildman–Crippen LogP) is 3.59. The molecule has 1 aliphatic heterocycles. The zero-order valence-corrected chi connectivity index (χ0v) is 15.5. The smallest absolute Gasteiger partial charge is 0.225 e. The van der Waals surface area contributed by atoms with Gasteiger partial charge in [0, 0.05) is 44.8 Å². The summed E-state index contributed by atoms with van der Waals surface area (Å²) < 4.78 is 13.9. The number of halogens is 1. The molecule has 1 heterocycles. The second kappa shape index (κ2) is 8.32. The molecule has 138 valence electrons. The number of para-hydroxylation sites is 1. The molecule has 1 N–H and O–H groups in total. The number of amides is 1. The van der Waals surface area contributed by atoms with Gasteiger partial charge in [0.05, 0.1) is 5.69 Å². The fraction of sp³-hybridized carbons (Fsp3) is 0.381. The normalized spacial score (nSPS) is 15.1. The van der Waals surface area contributed by atoms with E-state index in [1.54, 1.807) is 6.07 Å². The van der Waals surface area contributed by atoms with Crippen LogP contribution >= 0.6 is 0 Å². The zero-order chi connectivity index (χ0) is 18.5. The van der Waals surface area contributed by atoms with Crippen molar-refractivity contribution < 1.29 is 9.18 Å². The number of hydrogen-bond donors (Lipinski definition) is 1. The topological polar surface area (TPSA) is 35.6 Å². The van der Waals surface area contributed by atoms with Crippen LogP contribution in [0.15, 0.2) is 42.5 Å². The first kappa shape index (κ1) is 18.4. The first-order chi connectivity index (χ1) is 12.5. The van der Waals surface area contributed by atoms with Gasteiger partial charge < -0.3 is 10.2 Å². The molecule has 0 bridgehead atoms. The van der Waals surface area contributed by atoms with Gasteiger partial charge in [-0.2, -0.15) is 0 Å². The average Bonchev–Trinajstić information content (AvgIpc) is 2.65. The van der Waals surface area contributed by atoms with Gasteiger partial charge in [0.1, 0.15) is 5.82 Å². The lowest BCUT2D eigenvalue weighted by molar-refractivity contribution is -0.116. The number of anilines is 2. The van der Waals surface area contributed by atoms with Crippen LogP contribution in [0.5, 0.6) is 0 Å². The number of aryl methyl sites for hydroxylation is 1. The Morgan fingerprint density at radius 3 is 2.50 bits per heavy atom. The van der Waals surface area contributed by atoms with Gasteiger partial charge in [-0.15, -0.1) is 0 Å². The monoisotopic (exact) mass is 355 g/mol. The summed E-state index contributed by atoms with van der Waals surface area (Å²) in [6.45, 7) is 8.02. The Kier molecular flexibility index (Phi) is 5.89. The van der Waals surface area contributed by atoms with Crippen molar-refractivity contribution in [2.24, 2.45) is 0 Å². The van der Waals surface area contributed by atoms with Crippen LogP contribution in [0.25, 0.3) is 0 Å². The molecule has 5 heteroatoms. The molecule has 0 saturated carbocycles. The molecule has 4 nitrogen and oxygen atoms in total. The molecule has 3 rings (SSSR count). The lowest BCUT2D eigenvalue weighted by Crippen LogP contribution is -2.47. The van der Waals surface area contributed by atoms with Crippen molar-refractivity contribution in [1.82, 2.24) is 4.90 Å². The molecule has 0 unspecified atom stereocenters. The maximum absolute atomic E-state index is 13.9. The van der Waals surface area contributed by atoms with Crippen LogP contribution in [0, 0.1) is 19.7 Å². The molecule has 1 amide bonds. The van der Waals surface area contributed by atoms with Crippen molar-refractivity contribution >= 4 is 17.3 Å². The molecule has 0 aliphatic carbocycles. The molecule has 0 radical (unpaired) electrons. The maximum Gasteiger partial charge on any atom is 0.225 e. The van der Waals surface area contributed by atoms with Crippen molar-refractivity contribution in [3.8, 4) is 0 Å². The Balaban J connectivity index is 1.46. The van der Waals surface area contributed by atoms with Gasteiger partial charge in [0.15, 0.2) is 0 Å². The SMILES string of the molecule is Cc1cccc(NC(=O)CCN2CCN(c3ccccc3F)CC2)c1C. The number of nitrogens with one attached hydrogen (secondary N) is 1. The molecule has 1 saturated heterocycles. The third-order valence-electron chi connectivity index (χ3n) is 5.10. The van der Waals surface area contributed by atoms with Gasteiger partial charge in [-0.25, -0.2) is 4.39 Å². The number of carbonyl (C=O) groups excluding carboxylic acids is 1. The Hall–Kier alpha value is -2.40. The second-order valence-corrected chi connectivity index (χ2v) is 6.83. The molecule has 2 aromatic rings. The Morgan fingerprint density at radius 2 is 1.77 bits per heavy atom. The highest BCUT2D eigenvalue weighted by Crippen LogP contribution is 2.20. The van der Waals surface area contributed by atoms with E-state index in [4.69, 9.17) is 0 Å². The standard InChI is InChI=1S/C21H26FN3O/c1-16-6-5-8-19(17(16)2)23-21(26)10-11-24-12-14-25(15-13-24)20-9-4-3-7-18(20)22/h3-9H,10-15H2,1-2H3,(H,23,26). The van der Waals surface area contributed by atoms with Crippen LogP contribution in [-0.2, 0) is 4.79 Å². The van der Waals surface area contributed by atoms with E-state index in [9.17, 15) is 9.18 Å². The average molecular weight is 355 g/mol. The van der Waals surface area contributed by atoms with Gasteiger partial charge in [-0.1, -0.05) is 24.3 Å². The van der Waals surface area contributed by atoms with Gasteiger partial charge in [-0.3, -0.25) is 9.69 Å². The molecule has 2 aromatic carbocycles. The fourth-order valence-corrected chi connectivity index (χ4v) is 3.28. The summed E-state index contributed by atoms with van der Waals surface area (Å²) in [5.74, 6) is -0.135. The molecule has 1 fully saturated rings. The Morgan fingerprint density at radius 1 is 1.04 bits per heavy atom. The van der Waals surface area contributed by atoms with E-state index in [0.717, 1.165) is 44.0 Å². The summed E-state index contributed by atoms with van der Waals surface area (Å²) in [5.41, 5.74) is 3.84. The van der Waals surface area contributed by atoms with Crippen molar-refractivity contribution in [3.05, 3.63) is 59.4 Å². The van der Waals surface area contributed by atoms with Gasteiger partial charge >= 0.3 is 0 Å². The minimum Gasteiger partial charge on any atom is -0.367 e. The number of hydrogen-bond acceptors (Lipinski definition) is 3. The van der Waals surface area contributed by atoms with Crippen molar-refractivity contribution in [2.75, 3.05) is 42.9 Å². The van der Waals surface area contributed by atoms with Crippen LogP contribution in [0.4, 0.5) is 15.8 Å². The van der Waals surface area contributed by atoms with Gasteiger partial charge in [-0.05, 0) is 43.2 Å². The highest BCUT2D eigenvalue weighted by atomic mass is 19.1. The molecular weight excluding hydrogens is 329 g/mol. The van der Waals surface area contributed by atoms with Crippen molar-refractivity contribution in [2.45, 2.75) is 20.3 Å². The van der Waals surface area contributed by atoms with Crippen molar-refractivity contribution in [1.29, 1.82) is 0 Å². The summed E-state index contributed by atoms with van der Waals surface area (Å²) in [6.07, 6.45) is 0.465. The van der Waals surface area contributed by atoms with Crippen LogP contribution in [-0.4, -0.2) is 43.5 Å². The number of piperazine rings is 1. The third kappa shape index (κ3) is 4.41. The predicted molar refractivity (Wildman–Crippen MR) is 104 cm³/mol. The van der Waals surface area contributed by atoms with E-state index < -0.39 is 0 Å². The number of nitrogens with zero attached hydrogens (tertiary/aromatic N) is 2. The molecule has 0 spiro atoms. The lowest BCUT2D eigenvalue weighted by atomic mass is 10.1. The molecule has 26 heavy (non-hydrogen) atoms. The summed E-state index contributed by atoms with van der Waals surface area (Å²) in [7, 11) is 0. The minimum absolute atomic E-state index is 0.0373. The Labute approximate surface area is 154 Å². The van der Waals surface area contributed by atoms with E-state index in [2.05, 4.69) is 15.1 Å². The minimum atomic E-state index is -0.172. The van der Waals surface area contributed by atoms with Gasteiger partial charge in [0.2, 0.25) is 5.91 Å².